The molecule has 0 aliphatic heterocycles. The van der Waals surface area contributed by atoms with Crippen LogP contribution >= 0.6 is 0 Å². The largest absolute Gasteiger partial charge is 0.478 e. The van der Waals surface area contributed by atoms with Crippen molar-refractivity contribution < 1.29 is 4.74 Å². The van der Waals surface area contributed by atoms with E-state index in [0.29, 0.717) is 12.5 Å². The molecule has 0 saturated carbocycles. The zero-order chi connectivity index (χ0) is 11.8. The number of anilines is 1. The predicted octanol–water partition coefficient (Wildman–Crippen LogP) is 2.65. The lowest BCUT2D eigenvalue weighted by atomic mass is 10.3. The van der Waals surface area contributed by atoms with Crippen molar-refractivity contribution in [2.24, 2.45) is 0 Å². The first-order valence-electron chi connectivity index (χ1n) is 6.04. The number of nitrogens with one attached hydrogen (secondary N) is 1. The average molecular weight is 223 g/mol. The van der Waals surface area contributed by atoms with Gasteiger partial charge in [0.15, 0.2) is 0 Å². The topological polar surface area (TPSA) is 47.0 Å². The van der Waals surface area contributed by atoms with E-state index < -0.39 is 0 Å². The van der Waals surface area contributed by atoms with Gasteiger partial charge in [0, 0.05) is 19.0 Å². The van der Waals surface area contributed by atoms with Crippen LogP contribution in [0.3, 0.4) is 0 Å². The molecule has 0 atom stereocenters. The van der Waals surface area contributed by atoms with Crippen LogP contribution in [0.1, 0.15) is 39.4 Å². The highest BCUT2D eigenvalue weighted by Gasteiger charge is 2.04. The molecule has 0 saturated heterocycles. The quantitative estimate of drug-likeness (QED) is 0.772. The molecule has 0 bridgehead atoms. The van der Waals surface area contributed by atoms with Gasteiger partial charge >= 0.3 is 0 Å². The highest BCUT2D eigenvalue weighted by atomic mass is 16.5. The molecular formula is C12H21N3O. The summed E-state index contributed by atoms with van der Waals surface area (Å²) in [4.78, 5) is 8.79. The van der Waals surface area contributed by atoms with Crippen LogP contribution in [0.25, 0.3) is 0 Å². The molecule has 1 heterocycles. The Morgan fingerprint density at radius 2 is 2.00 bits per heavy atom. The molecule has 1 N–H and O–H groups in total. The minimum absolute atomic E-state index is 0.677. The molecule has 0 spiro atoms. The number of ether oxygens (including phenoxy) is 1. The zero-order valence-corrected chi connectivity index (χ0v) is 10.4. The number of hydrogen-bond acceptors (Lipinski definition) is 4. The molecule has 0 amide bonds. The van der Waals surface area contributed by atoms with Gasteiger partial charge in [0.25, 0.3) is 0 Å². The molecule has 4 heteroatoms. The Morgan fingerprint density at radius 1 is 1.19 bits per heavy atom. The number of nitrogens with zero attached hydrogens (tertiary/aromatic N) is 2. The van der Waals surface area contributed by atoms with Gasteiger partial charge < -0.3 is 10.1 Å². The normalized spacial score (nSPS) is 10.2. The molecule has 0 aliphatic rings. The predicted molar refractivity (Wildman–Crippen MR) is 66.0 cm³/mol. The van der Waals surface area contributed by atoms with Crippen molar-refractivity contribution in [3.8, 4) is 5.88 Å². The second kappa shape index (κ2) is 7.04. The lowest BCUT2D eigenvalue weighted by Crippen LogP contribution is -2.06. The SMILES string of the molecule is CCCOc1cc(NCC)nc(CCC)n1. The van der Waals surface area contributed by atoms with E-state index in [1.54, 1.807) is 0 Å². The van der Waals surface area contributed by atoms with Gasteiger partial charge in [-0.1, -0.05) is 13.8 Å². The molecule has 0 radical (unpaired) electrons. The van der Waals surface area contributed by atoms with E-state index in [2.05, 4.69) is 29.1 Å². The first-order chi connectivity index (χ1) is 7.80. The van der Waals surface area contributed by atoms with Gasteiger partial charge in [-0.05, 0) is 19.8 Å². The fraction of sp³-hybridized carbons (Fsp3) is 0.667. The van der Waals surface area contributed by atoms with E-state index >= 15 is 0 Å². The molecule has 0 aliphatic carbocycles. The summed E-state index contributed by atoms with van der Waals surface area (Å²) < 4.78 is 5.54. The van der Waals surface area contributed by atoms with E-state index in [4.69, 9.17) is 4.74 Å². The van der Waals surface area contributed by atoms with Crippen molar-refractivity contribution in [1.29, 1.82) is 0 Å². The molecule has 1 rings (SSSR count). The first kappa shape index (κ1) is 12.7. The molecular weight excluding hydrogens is 202 g/mol. The molecule has 4 nitrogen and oxygen atoms in total. The molecule has 0 fully saturated rings. The van der Waals surface area contributed by atoms with Crippen molar-refractivity contribution in [3.05, 3.63) is 11.9 Å². The van der Waals surface area contributed by atoms with Gasteiger partial charge in [0.2, 0.25) is 5.88 Å². The summed E-state index contributed by atoms with van der Waals surface area (Å²) in [7, 11) is 0. The maximum absolute atomic E-state index is 5.54. The summed E-state index contributed by atoms with van der Waals surface area (Å²) in [5.41, 5.74) is 0. The minimum Gasteiger partial charge on any atom is -0.478 e. The van der Waals surface area contributed by atoms with Gasteiger partial charge in [-0.2, -0.15) is 4.98 Å². The molecule has 16 heavy (non-hydrogen) atoms. The van der Waals surface area contributed by atoms with Crippen LogP contribution in [0.2, 0.25) is 0 Å². The fourth-order valence-electron chi connectivity index (χ4n) is 1.36. The van der Waals surface area contributed by atoms with Crippen molar-refractivity contribution in [2.75, 3.05) is 18.5 Å². The van der Waals surface area contributed by atoms with Gasteiger partial charge in [-0.3, -0.25) is 0 Å². The van der Waals surface area contributed by atoms with E-state index in [1.807, 2.05) is 13.0 Å². The van der Waals surface area contributed by atoms with E-state index in [-0.39, 0.29) is 0 Å². The molecule has 90 valence electrons. The van der Waals surface area contributed by atoms with Gasteiger partial charge in [-0.15, -0.1) is 0 Å². The van der Waals surface area contributed by atoms with Crippen molar-refractivity contribution in [2.45, 2.75) is 40.0 Å². The van der Waals surface area contributed by atoms with E-state index in [0.717, 1.165) is 37.4 Å². The van der Waals surface area contributed by atoms with Crippen molar-refractivity contribution >= 4 is 5.82 Å². The smallest absolute Gasteiger partial charge is 0.218 e. The summed E-state index contributed by atoms with van der Waals surface area (Å²) in [6.07, 6.45) is 2.92. The second-order valence-electron chi connectivity index (χ2n) is 3.64. The van der Waals surface area contributed by atoms with Gasteiger partial charge in [0.1, 0.15) is 11.6 Å². The summed E-state index contributed by atoms with van der Waals surface area (Å²) >= 11 is 0. The average Bonchev–Trinajstić information content (AvgIpc) is 2.27. The standard InChI is InChI=1S/C12H21N3O/c1-4-7-10-14-11(13-6-3)9-12(15-10)16-8-5-2/h9H,4-8H2,1-3H3,(H,13,14,15). The van der Waals surface area contributed by atoms with Crippen LogP contribution < -0.4 is 10.1 Å². The summed E-state index contributed by atoms with van der Waals surface area (Å²) in [6.45, 7) is 7.81. The lowest BCUT2D eigenvalue weighted by molar-refractivity contribution is 0.303. The highest BCUT2D eigenvalue weighted by Crippen LogP contribution is 2.14. The summed E-state index contributed by atoms with van der Waals surface area (Å²) in [5, 5.41) is 3.19. The Labute approximate surface area is 97.5 Å². The summed E-state index contributed by atoms with van der Waals surface area (Å²) in [6, 6.07) is 1.86. The third kappa shape index (κ3) is 4.04. The Bertz CT molecular complexity index is 291. The molecule has 1 aromatic rings. The van der Waals surface area contributed by atoms with Crippen molar-refractivity contribution in [1.82, 2.24) is 9.97 Å². The fourth-order valence-corrected chi connectivity index (χ4v) is 1.36. The lowest BCUT2D eigenvalue weighted by Gasteiger charge is -2.09. The number of aromatic nitrogens is 2. The van der Waals surface area contributed by atoms with E-state index in [1.165, 1.54) is 0 Å². The monoisotopic (exact) mass is 223 g/mol. The Kier molecular flexibility index (Phi) is 5.61. The van der Waals surface area contributed by atoms with Crippen LogP contribution in [0.5, 0.6) is 5.88 Å². The van der Waals surface area contributed by atoms with Crippen LogP contribution in [0.15, 0.2) is 6.07 Å². The highest BCUT2D eigenvalue weighted by molar-refractivity contribution is 5.38. The minimum atomic E-state index is 0.677. The maximum Gasteiger partial charge on any atom is 0.218 e. The van der Waals surface area contributed by atoms with Crippen LogP contribution in [-0.4, -0.2) is 23.1 Å². The first-order valence-corrected chi connectivity index (χ1v) is 6.04. The third-order valence-electron chi connectivity index (χ3n) is 2.03. The van der Waals surface area contributed by atoms with Crippen LogP contribution in [-0.2, 0) is 6.42 Å². The van der Waals surface area contributed by atoms with E-state index in [9.17, 15) is 0 Å². The van der Waals surface area contributed by atoms with Crippen LogP contribution in [0.4, 0.5) is 5.82 Å². The van der Waals surface area contributed by atoms with Crippen molar-refractivity contribution in [3.63, 3.8) is 0 Å². The third-order valence-corrected chi connectivity index (χ3v) is 2.03. The Balaban J connectivity index is 2.80. The van der Waals surface area contributed by atoms with Gasteiger partial charge in [-0.25, -0.2) is 4.98 Å². The summed E-state index contributed by atoms with van der Waals surface area (Å²) in [5.74, 6) is 2.38. The molecule has 0 aromatic carbocycles. The maximum atomic E-state index is 5.54. The number of rotatable bonds is 7. The number of aryl methyl sites for hydroxylation is 1. The zero-order valence-electron chi connectivity index (χ0n) is 10.4. The Hall–Kier alpha value is -1.32. The molecule has 1 aromatic heterocycles. The second-order valence-corrected chi connectivity index (χ2v) is 3.64. The number of hydrogen-bond donors (Lipinski definition) is 1. The van der Waals surface area contributed by atoms with Gasteiger partial charge in [0.05, 0.1) is 6.61 Å². The Morgan fingerprint density at radius 3 is 2.62 bits per heavy atom. The van der Waals surface area contributed by atoms with Crippen LogP contribution in [0, 0.1) is 0 Å². The molecule has 0 unspecified atom stereocenters.